The first-order chi connectivity index (χ1) is 9.24. The Morgan fingerprint density at radius 1 is 1.42 bits per heavy atom. The number of carbonyl (C=O) groups is 1. The standard InChI is InChI=1S/C14H12ClNO3/c15-13-7-11(10-3-1-2-4-12(10)16-13)14(17)19-9-5-6-18-8-9/h1-4,7,9H,5-6,8H2. The predicted molar refractivity (Wildman–Crippen MR) is 71.4 cm³/mol. The summed E-state index contributed by atoms with van der Waals surface area (Å²) in [5, 5.41) is 1.03. The van der Waals surface area contributed by atoms with Gasteiger partial charge in [0.15, 0.2) is 0 Å². The number of esters is 1. The number of hydrogen-bond acceptors (Lipinski definition) is 4. The van der Waals surface area contributed by atoms with Gasteiger partial charge < -0.3 is 9.47 Å². The molecule has 4 nitrogen and oxygen atoms in total. The molecule has 98 valence electrons. The Hall–Kier alpha value is -1.65. The van der Waals surface area contributed by atoms with Crippen LogP contribution in [0.2, 0.25) is 5.15 Å². The smallest absolute Gasteiger partial charge is 0.339 e. The van der Waals surface area contributed by atoms with Crippen molar-refractivity contribution in [3.63, 3.8) is 0 Å². The number of aromatic nitrogens is 1. The normalized spacial score (nSPS) is 18.7. The number of hydrogen-bond donors (Lipinski definition) is 0. The molecule has 0 N–H and O–H groups in total. The average Bonchev–Trinajstić information content (AvgIpc) is 2.90. The van der Waals surface area contributed by atoms with Crippen molar-refractivity contribution in [2.75, 3.05) is 13.2 Å². The van der Waals surface area contributed by atoms with Gasteiger partial charge in [-0.05, 0) is 12.1 Å². The Balaban J connectivity index is 1.96. The SMILES string of the molecule is O=C(OC1CCOC1)c1cc(Cl)nc2ccccc12. The summed E-state index contributed by atoms with van der Waals surface area (Å²) in [6.45, 7) is 1.10. The van der Waals surface area contributed by atoms with Crippen LogP contribution in [-0.4, -0.2) is 30.3 Å². The van der Waals surface area contributed by atoms with Gasteiger partial charge in [0.05, 0.1) is 24.3 Å². The summed E-state index contributed by atoms with van der Waals surface area (Å²) in [6, 6.07) is 8.90. The fraction of sp³-hybridized carbons (Fsp3) is 0.286. The lowest BCUT2D eigenvalue weighted by molar-refractivity contribution is 0.0273. The number of pyridine rings is 1. The van der Waals surface area contributed by atoms with Crippen molar-refractivity contribution in [3.8, 4) is 0 Å². The Morgan fingerprint density at radius 2 is 2.26 bits per heavy atom. The molecule has 2 heterocycles. The number of halogens is 1. The van der Waals surface area contributed by atoms with Crippen LogP contribution in [0.25, 0.3) is 10.9 Å². The maximum atomic E-state index is 12.2. The van der Waals surface area contributed by atoms with Crippen LogP contribution in [-0.2, 0) is 9.47 Å². The second-order valence-corrected chi connectivity index (χ2v) is 4.79. The number of nitrogens with zero attached hydrogens (tertiary/aromatic N) is 1. The zero-order valence-corrected chi connectivity index (χ0v) is 10.9. The second-order valence-electron chi connectivity index (χ2n) is 4.40. The van der Waals surface area contributed by atoms with Crippen LogP contribution >= 0.6 is 11.6 Å². The van der Waals surface area contributed by atoms with Gasteiger partial charge in [-0.25, -0.2) is 9.78 Å². The third-order valence-corrected chi connectivity index (χ3v) is 3.26. The molecule has 0 saturated carbocycles. The average molecular weight is 278 g/mol. The minimum Gasteiger partial charge on any atom is -0.456 e. The molecule has 1 aromatic heterocycles. The van der Waals surface area contributed by atoms with Gasteiger partial charge in [0, 0.05) is 11.8 Å². The van der Waals surface area contributed by atoms with Gasteiger partial charge >= 0.3 is 5.97 Å². The van der Waals surface area contributed by atoms with Gasteiger partial charge in [-0.1, -0.05) is 29.8 Å². The molecule has 1 unspecified atom stereocenters. The lowest BCUT2D eigenvalue weighted by Gasteiger charge is -2.11. The zero-order chi connectivity index (χ0) is 13.2. The number of rotatable bonds is 2. The van der Waals surface area contributed by atoms with E-state index in [2.05, 4.69) is 4.98 Å². The largest absolute Gasteiger partial charge is 0.456 e. The molecule has 3 rings (SSSR count). The van der Waals surface area contributed by atoms with E-state index < -0.39 is 0 Å². The quantitative estimate of drug-likeness (QED) is 0.626. The van der Waals surface area contributed by atoms with Gasteiger partial charge in [0.2, 0.25) is 0 Å². The first-order valence-corrected chi connectivity index (χ1v) is 6.46. The van der Waals surface area contributed by atoms with Crippen LogP contribution in [0.5, 0.6) is 0 Å². The summed E-state index contributed by atoms with van der Waals surface area (Å²) in [4.78, 5) is 16.4. The summed E-state index contributed by atoms with van der Waals surface area (Å²) in [5.41, 5.74) is 1.13. The fourth-order valence-electron chi connectivity index (χ4n) is 2.13. The Bertz CT molecular complexity index is 623. The van der Waals surface area contributed by atoms with Gasteiger partial charge in [-0.2, -0.15) is 0 Å². The van der Waals surface area contributed by atoms with Gasteiger partial charge in [0.1, 0.15) is 11.3 Å². The van der Waals surface area contributed by atoms with Crippen molar-refractivity contribution >= 4 is 28.5 Å². The lowest BCUT2D eigenvalue weighted by Crippen LogP contribution is -2.18. The molecule has 0 aliphatic carbocycles. The molecule has 19 heavy (non-hydrogen) atoms. The molecule has 1 fully saturated rings. The highest BCUT2D eigenvalue weighted by atomic mass is 35.5. The summed E-state index contributed by atoms with van der Waals surface area (Å²) in [5.74, 6) is -0.379. The molecular formula is C14H12ClNO3. The van der Waals surface area contributed by atoms with Crippen LogP contribution in [0.4, 0.5) is 0 Å². The molecule has 1 saturated heterocycles. The first-order valence-electron chi connectivity index (χ1n) is 6.08. The number of ether oxygens (including phenoxy) is 2. The van der Waals surface area contributed by atoms with Gasteiger partial charge in [0.25, 0.3) is 0 Å². The van der Waals surface area contributed by atoms with Crippen molar-refractivity contribution in [1.82, 2.24) is 4.98 Å². The molecule has 1 aliphatic heterocycles. The van der Waals surface area contributed by atoms with Crippen molar-refractivity contribution < 1.29 is 14.3 Å². The van der Waals surface area contributed by atoms with E-state index in [0.29, 0.717) is 24.3 Å². The minimum absolute atomic E-state index is 0.168. The monoisotopic (exact) mass is 277 g/mol. The maximum Gasteiger partial charge on any atom is 0.339 e. The molecule has 1 aliphatic rings. The van der Waals surface area contributed by atoms with Crippen LogP contribution in [0.15, 0.2) is 30.3 Å². The topological polar surface area (TPSA) is 48.4 Å². The highest BCUT2D eigenvalue weighted by molar-refractivity contribution is 6.30. The summed E-state index contributed by atoms with van der Waals surface area (Å²) >= 11 is 5.94. The van der Waals surface area contributed by atoms with Crippen molar-refractivity contribution in [2.45, 2.75) is 12.5 Å². The Kier molecular flexibility index (Phi) is 3.36. The molecule has 1 aromatic carbocycles. The van der Waals surface area contributed by atoms with E-state index in [1.54, 1.807) is 6.07 Å². The Morgan fingerprint density at radius 3 is 3.05 bits per heavy atom. The van der Waals surface area contributed by atoms with E-state index in [4.69, 9.17) is 21.1 Å². The lowest BCUT2D eigenvalue weighted by atomic mass is 10.1. The minimum atomic E-state index is -0.379. The molecule has 2 aromatic rings. The molecule has 5 heteroatoms. The molecule has 0 amide bonds. The Labute approximate surface area is 115 Å². The van der Waals surface area contributed by atoms with Crippen LogP contribution in [0, 0.1) is 0 Å². The van der Waals surface area contributed by atoms with E-state index in [1.807, 2.05) is 24.3 Å². The molecular weight excluding hydrogens is 266 g/mol. The van der Waals surface area contributed by atoms with Crippen LogP contribution in [0.3, 0.4) is 0 Å². The molecule has 0 radical (unpaired) electrons. The second kappa shape index (κ2) is 5.15. The van der Waals surface area contributed by atoms with E-state index in [-0.39, 0.29) is 17.2 Å². The van der Waals surface area contributed by atoms with Crippen LogP contribution < -0.4 is 0 Å². The number of para-hydroxylation sites is 1. The van der Waals surface area contributed by atoms with Crippen molar-refractivity contribution in [3.05, 3.63) is 41.0 Å². The number of fused-ring (bicyclic) bond motifs is 1. The highest BCUT2D eigenvalue weighted by Crippen LogP contribution is 2.22. The molecule has 0 spiro atoms. The number of carbonyl (C=O) groups excluding carboxylic acids is 1. The first kappa shape index (κ1) is 12.4. The highest BCUT2D eigenvalue weighted by Gasteiger charge is 2.22. The summed E-state index contributed by atoms with van der Waals surface area (Å²) in [6.07, 6.45) is 0.570. The third-order valence-electron chi connectivity index (χ3n) is 3.07. The van der Waals surface area contributed by atoms with Crippen molar-refractivity contribution in [1.29, 1.82) is 0 Å². The van der Waals surface area contributed by atoms with E-state index in [1.165, 1.54) is 0 Å². The summed E-state index contributed by atoms with van der Waals surface area (Å²) < 4.78 is 10.6. The molecule has 1 atom stereocenters. The summed E-state index contributed by atoms with van der Waals surface area (Å²) in [7, 11) is 0. The van der Waals surface area contributed by atoms with E-state index in [9.17, 15) is 4.79 Å². The molecule has 0 bridgehead atoms. The van der Waals surface area contributed by atoms with Gasteiger partial charge in [-0.3, -0.25) is 0 Å². The van der Waals surface area contributed by atoms with Crippen molar-refractivity contribution in [2.24, 2.45) is 0 Å². The predicted octanol–water partition coefficient (Wildman–Crippen LogP) is 2.83. The van der Waals surface area contributed by atoms with Gasteiger partial charge in [-0.15, -0.1) is 0 Å². The van der Waals surface area contributed by atoms with Crippen LogP contribution in [0.1, 0.15) is 16.8 Å². The van der Waals surface area contributed by atoms with E-state index >= 15 is 0 Å². The van der Waals surface area contributed by atoms with E-state index in [0.717, 1.165) is 11.8 Å². The number of benzene rings is 1. The maximum absolute atomic E-state index is 12.2. The third kappa shape index (κ3) is 2.55. The zero-order valence-electron chi connectivity index (χ0n) is 10.1. The fourth-order valence-corrected chi connectivity index (χ4v) is 2.33.